The van der Waals surface area contributed by atoms with Crippen molar-refractivity contribution in [3.05, 3.63) is 40.9 Å². The van der Waals surface area contributed by atoms with Crippen LogP contribution in [0.1, 0.15) is 54.0 Å². The van der Waals surface area contributed by atoms with Crippen LogP contribution in [0.25, 0.3) is 11.4 Å². The van der Waals surface area contributed by atoms with Crippen molar-refractivity contribution in [2.75, 3.05) is 6.61 Å². The van der Waals surface area contributed by atoms with Gasteiger partial charge in [-0.25, -0.2) is 0 Å². The van der Waals surface area contributed by atoms with E-state index in [9.17, 15) is 0 Å². The number of hydrogen-bond donors (Lipinski definition) is 0. The fraction of sp³-hybridized carbons (Fsp3) is 0.474. The molecular weight excluding hydrogens is 332 g/mol. The lowest BCUT2D eigenvalue weighted by Gasteiger charge is -2.13. The minimum absolute atomic E-state index is 0.499. The maximum Gasteiger partial charge on any atom is 0.223 e. The normalized spacial score (nSPS) is 14.0. The lowest BCUT2D eigenvalue weighted by Crippen LogP contribution is -2.03. The molecule has 0 amide bonds. The lowest BCUT2D eigenvalue weighted by atomic mass is 10.1. The first kappa shape index (κ1) is 16.8. The van der Waals surface area contributed by atoms with Gasteiger partial charge in [-0.15, -0.1) is 10.2 Å². The summed E-state index contributed by atoms with van der Waals surface area (Å²) < 4.78 is 16.7. The summed E-state index contributed by atoms with van der Waals surface area (Å²) in [5, 5.41) is 12.2. The van der Waals surface area contributed by atoms with E-state index in [0.717, 1.165) is 41.2 Å². The third-order valence-electron chi connectivity index (χ3n) is 4.44. The van der Waals surface area contributed by atoms with Crippen molar-refractivity contribution in [3.8, 4) is 17.1 Å². The number of ether oxygens (including phenoxy) is 1. The minimum Gasteiger partial charge on any atom is -0.493 e. The summed E-state index contributed by atoms with van der Waals surface area (Å²) in [6.07, 6.45) is 3.90. The summed E-state index contributed by atoms with van der Waals surface area (Å²) in [7, 11) is 0. The minimum atomic E-state index is 0.499. The summed E-state index contributed by atoms with van der Waals surface area (Å²) in [6, 6.07) is 4.04. The first-order valence-corrected chi connectivity index (χ1v) is 8.97. The van der Waals surface area contributed by atoms with Gasteiger partial charge in [-0.3, -0.25) is 0 Å². The topological polar surface area (TPSA) is 87.1 Å². The second-order valence-corrected chi connectivity index (χ2v) is 6.84. The van der Waals surface area contributed by atoms with Crippen LogP contribution in [0.2, 0.25) is 0 Å². The molecule has 1 fully saturated rings. The van der Waals surface area contributed by atoms with Crippen LogP contribution >= 0.6 is 0 Å². The molecule has 7 heteroatoms. The van der Waals surface area contributed by atoms with Gasteiger partial charge in [0.1, 0.15) is 5.75 Å². The van der Waals surface area contributed by atoms with E-state index in [4.69, 9.17) is 13.7 Å². The molecule has 0 bridgehead atoms. The van der Waals surface area contributed by atoms with Crippen molar-refractivity contribution in [2.24, 2.45) is 0 Å². The highest BCUT2D eigenvalue weighted by molar-refractivity contribution is 5.60. The third-order valence-corrected chi connectivity index (χ3v) is 4.44. The van der Waals surface area contributed by atoms with Crippen LogP contribution in [0.5, 0.6) is 5.75 Å². The van der Waals surface area contributed by atoms with Crippen LogP contribution in [-0.4, -0.2) is 26.9 Å². The Bertz CT molecular complexity index is 888. The molecule has 2 heterocycles. The summed E-state index contributed by atoms with van der Waals surface area (Å²) in [5.41, 5.74) is 3.04. The molecule has 0 aliphatic heterocycles. The molecule has 4 rings (SSSR count). The van der Waals surface area contributed by atoms with Crippen molar-refractivity contribution < 1.29 is 13.7 Å². The average Bonchev–Trinajstić information content (AvgIpc) is 3.19. The molecule has 3 aromatic rings. The maximum absolute atomic E-state index is 6.00. The molecule has 26 heavy (non-hydrogen) atoms. The highest BCUT2D eigenvalue weighted by atomic mass is 16.5. The zero-order valence-electron chi connectivity index (χ0n) is 15.3. The molecule has 7 nitrogen and oxygen atoms in total. The monoisotopic (exact) mass is 354 g/mol. The van der Waals surface area contributed by atoms with E-state index in [1.807, 2.05) is 26.0 Å². The van der Waals surface area contributed by atoms with Crippen LogP contribution in [0, 0.1) is 20.8 Å². The summed E-state index contributed by atoms with van der Waals surface area (Å²) in [6.45, 7) is 6.44. The number of benzene rings is 1. The van der Waals surface area contributed by atoms with Crippen LogP contribution in [0.4, 0.5) is 0 Å². The number of aryl methyl sites for hydroxylation is 4. The first-order valence-electron chi connectivity index (χ1n) is 8.97. The molecule has 0 atom stereocenters. The van der Waals surface area contributed by atoms with E-state index in [2.05, 4.69) is 20.3 Å². The quantitative estimate of drug-likeness (QED) is 0.594. The molecule has 0 radical (unpaired) electrons. The van der Waals surface area contributed by atoms with E-state index in [1.54, 1.807) is 6.92 Å². The molecule has 136 valence electrons. The van der Waals surface area contributed by atoms with Crippen LogP contribution in [0.15, 0.2) is 21.1 Å². The van der Waals surface area contributed by atoms with Crippen molar-refractivity contribution in [2.45, 2.75) is 52.4 Å². The van der Waals surface area contributed by atoms with E-state index in [1.165, 1.54) is 12.8 Å². The predicted molar refractivity (Wildman–Crippen MR) is 94.0 cm³/mol. The van der Waals surface area contributed by atoms with Gasteiger partial charge in [-0.1, -0.05) is 5.16 Å². The number of hydrogen-bond acceptors (Lipinski definition) is 7. The Kier molecular flexibility index (Phi) is 4.44. The van der Waals surface area contributed by atoms with E-state index >= 15 is 0 Å². The second-order valence-electron chi connectivity index (χ2n) is 6.84. The smallest absolute Gasteiger partial charge is 0.223 e. The molecule has 0 saturated heterocycles. The van der Waals surface area contributed by atoms with E-state index < -0.39 is 0 Å². The van der Waals surface area contributed by atoms with Crippen molar-refractivity contribution in [1.82, 2.24) is 20.3 Å². The first-order chi connectivity index (χ1) is 12.6. The second kappa shape index (κ2) is 6.90. The molecule has 0 spiro atoms. The van der Waals surface area contributed by atoms with E-state index in [-0.39, 0.29) is 0 Å². The number of nitrogens with zero attached hydrogens (tertiary/aromatic N) is 4. The molecule has 1 aliphatic carbocycles. The number of aromatic nitrogens is 4. The lowest BCUT2D eigenvalue weighted by molar-refractivity contribution is 0.300. The van der Waals surface area contributed by atoms with Gasteiger partial charge in [-0.2, -0.15) is 4.98 Å². The van der Waals surface area contributed by atoms with Gasteiger partial charge >= 0.3 is 0 Å². The molecule has 0 unspecified atom stereocenters. The maximum atomic E-state index is 6.00. The molecule has 1 aromatic carbocycles. The average molecular weight is 354 g/mol. The Hall–Kier alpha value is -2.70. The third kappa shape index (κ3) is 3.61. The Morgan fingerprint density at radius 3 is 2.54 bits per heavy atom. The van der Waals surface area contributed by atoms with Crippen LogP contribution in [-0.2, 0) is 6.42 Å². The molecule has 1 saturated carbocycles. The van der Waals surface area contributed by atoms with Gasteiger partial charge in [0.25, 0.3) is 0 Å². The van der Waals surface area contributed by atoms with Gasteiger partial charge in [0, 0.05) is 24.8 Å². The van der Waals surface area contributed by atoms with Crippen LogP contribution < -0.4 is 4.74 Å². The molecular formula is C19H22N4O3. The van der Waals surface area contributed by atoms with Crippen molar-refractivity contribution in [3.63, 3.8) is 0 Å². The Morgan fingerprint density at radius 1 is 1.12 bits per heavy atom. The van der Waals surface area contributed by atoms with Crippen LogP contribution in [0.3, 0.4) is 0 Å². The molecule has 1 aliphatic rings. The zero-order chi connectivity index (χ0) is 18.1. The fourth-order valence-corrected chi connectivity index (χ4v) is 2.98. The zero-order valence-corrected chi connectivity index (χ0v) is 15.3. The highest BCUT2D eigenvalue weighted by Gasteiger charge is 2.29. The van der Waals surface area contributed by atoms with Gasteiger partial charge in [0.2, 0.25) is 23.5 Å². The Labute approximate surface area is 151 Å². The molecule has 2 aromatic heterocycles. The Balaban J connectivity index is 1.35. The summed E-state index contributed by atoms with van der Waals surface area (Å²) in [5.74, 6) is 4.05. The number of rotatable bonds is 7. The fourth-order valence-electron chi connectivity index (χ4n) is 2.98. The summed E-state index contributed by atoms with van der Waals surface area (Å²) in [4.78, 5) is 4.28. The largest absolute Gasteiger partial charge is 0.493 e. The van der Waals surface area contributed by atoms with Crippen molar-refractivity contribution in [1.29, 1.82) is 0 Å². The van der Waals surface area contributed by atoms with E-state index in [0.29, 0.717) is 30.1 Å². The standard InChI is InChI=1S/C19H22N4O3/c1-11-9-15(18-20-13(3)26-23-18)10-12(2)17(11)24-8-4-5-16-21-22-19(25-16)14-6-7-14/h9-10,14H,4-8H2,1-3H3. The predicted octanol–water partition coefficient (Wildman–Crippen LogP) is 3.93. The molecule has 0 N–H and O–H groups in total. The van der Waals surface area contributed by atoms with Gasteiger partial charge in [-0.05, 0) is 56.4 Å². The SMILES string of the molecule is Cc1nc(-c2cc(C)c(OCCCc3nnc(C4CC4)o3)c(C)c2)no1. The van der Waals surface area contributed by atoms with Gasteiger partial charge in [0.15, 0.2) is 0 Å². The Morgan fingerprint density at radius 2 is 1.88 bits per heavy atom. The highest BCUT2D eigenvalue weighted by Crippen LogP contribution is 2.39. The van der Waals surface area contributed by atoms with Gasteiger partial charge in [0.05, 0.1) is 6.61 Å². The van der Waals surface area contributed by atoms with Crippen molar-refractivity contribution >= 4 is 0 Å². The van der Waals surface area contributed by atoms with Gasteiger partial charge < -0.3 is 13.7 Å². The summed E-state index contributed by atoms with van der Waals surface area (Å²) >= 11 is 0.